The maximum atomic E-state index is 12.7. The van der Waals surface area contributed by atoms with Gasteiger partial charge in [-0.15, -0.1) is 28.7 Å². The standard InChI is InChI=1S/C38H58N2O2S.BrH/c1-6-7-8-9-10-11-12-13-14-15-16-17-26-42-37-29-33(21-22-36(37)38(3,4)5)23-24-40(32(2)41)35-20-18-19-34(28-35)30-39-25-27-43-31-39;/h18-22,25,27-29H,6-17,23-24,26,30-31H2,1-5H3;1H. The Bertz CT molecular complexity index is 1130. The second-order valence-electron chi connectivity index (χ2n) is 13.2. The molecular weight excluding hydrogens is 628 g/mol. The summed E-state index contributed by atoms with van der Waals surface area (Å²) in [5, 5.41) is 2.13. The number of halogens is 1. The van der Waals surface area contributed by atoms with Gasteiger partial charge < -0.3 is 14.5 Å². The zero-order valence-electron chi connectivity index (χ0n) is 28.2. The third kappa shape index (κ3) is 14.0. The molecule has 1 aliphatic rings. The first-order valence-corrected chi connectivity index (χ1v) is 18.0. The van der Waals surface area contributed by atoms with Gasteiger partial charge in [-0.3, -0.25) is 4.79 Å². The van der Waals surface area contributed by atoms with Crippen molar-refractivity contribution in [2.75, 3.05) is 23.9 Å². The van der Waals surface area contributed by atoms with Crippen LogP contribution in [0.4, 0.5) is 5.69 Å². The van der Waals surface area contributed by atoms with E-state index in [0.29, 0.717) is 6.54 Å². The van der Waals surface area contributed by atoms with Crippen LogP contribution in [0.3, 0.4) is 0 Å². The molecule has 0 atom stereocenters. The van der Waals surface area contributed by atoms with Crippen LogP contribution >= 0.6 is 28.7 Å². The highest BCUT2D eigenvalue weighted by atomic mass is 79.9. The summed E-state index contributed by atoms with van der Waals surface area (Å²) < 4.78 is 6.42. The summed E-state index contributed by atoms with van der Waals surface area (Å²) in [6.07, 6.45) is 19.1. The predicted molar refractivity (Wildman–Crippen MR) is 197 cm³/mol. The third-order valence-corrected chi connectivity index (χ3v) is 9.12. The molecule has 0 spiro atoms. The second-order valence-corrected chi connectivity index (χ2v) is 14.1. The number of ether oxygens (including phenoxy) is 1. The lowest BCUT2D eigenvalue weighted by Gasteiger charge is -2.25. The summed E-state index contributed by atoms with van der Waals surface area (Å²) in [5.41, 5.74) is 4.66. The number of carbonyl (C=O) groups is 1. The van der Waals surface area contributed by atoms with Crippen LogP contribution in [0.25, 0.3) is 0 Å². The highest BCUT2D eigenvalue weighted by Gasteiger charge is 2.20. The number of anilines is 1. The van der Waals surface area contributed by atoms with Gasteiger partial charge in [0.1, 0.15) is 5.75 Å². The molecule has 246 valence electrons. The number of hydrogen-bond donors (Lipinski definition) is 0. The molecule has 0 N–H and O–H groups in total. The zero-order valence-corrected chi connectivity index (χ0v) is 30.8. The van der Waals surface area contributed by atoms with E-state index in [4.69, 9.17) is 4.74 Å². The fraction of sp³-hybridized carbons (Fsp3) is 0.605. The van der Waals surface area contributed by atoms with E-state index in [2.05, 4.69) is 80.6 Å². The van der Waals surface area contributed by atoms with E-state index in [-0.39, 0.29) is 28.3 Å². The number of nitrogens with zero attached hydrogens (tertiary/aromatic N) is 2. The Kier molecular flexibility index (Phi) is 18.2. The number of thioether (sulfide) groups is 1. The van der Waals surface area contributed by atoms with E-state index in [0.717, 1.165) is 43.3 Å². The maximum absolute atomic E-state index is 12.7. The third-order valence-electron chi connectivity index (χ3n) is 8.33. The van der Waals surface area contributed by atoms with Crippen molar-refractivity contribution >= 4 is 40.3 Å². The van der Waals surface area contributed by atoms with E-state index in [1.807, 2.05) is 22.7 Å². The number of amides is 1. The molecule has 0 bridgehead atoms. The lowest BCUT2D eigenvalue weighted by Crippen LogP contribution is -2.30. The molecular formula is C38H59BrN2O2S. The Morgan fingerprint density at radius 2 is 1.55 bits per heavy atom. The van der Waals surface area contributed by atoms with Crippen molar-refractivity contribution in [1.82, 2.24) is 4.90 Å². The van der Waals surface area contributed by atoms with Gasteiger partial charge in [0.2, 0.25) is 5.91 Å². The summed E-state index contributed by atoms with van der Waals surface area (Å²) in [6, 6.07) is 15.1. The van der Waals surface area contributed by atoms with Gasteiger partial charge in [0.15, 0.2) is 0 Å². The normalized spacial score (nSPS) is 12.8. The Labute approximate surface area is 284 Å². The van der Waals surface area contributed by atoms with Crippen molar-refractivity contribution in [1.29, 1.82) is 0 Å². The molecule has 3 rings (SSSR count). The van der Waals surface area contributed by atoms with Gasteiger partial charge in [0.05, 0.1) is 12.5 Å². The summed E-state index contributed by atoms with van der Waals surface area (Å²) >= 11 is 1.81. The summed E-state index contributed by atoms with van der Waals surface area (Å²) in [6.45, 7) is 13.0. The van der Waals surface area contributed by atoms with Crippen LogP contribution in [-0.2, 0) is 23.2 Å². The minimum absolute atomic E-state index is 0. The summed E-state index contributed by atoms with van der Waals surface area (Å²) in [5.74, 6) is 2.05. The van der Waals surface area contributed by atoms with Crippen molar-refractivity contribution in [3.63, 3.8) is 0 Å². The van der Waals surface area contributed by atoms with Gasteiger partial charge in [-0.05, 0) is 58.6 Å². The van der Waals surface area contributed by atoms with Crippen LogP contribution in [0.15, 0.2) is 54.1 Å². The van der Waals surface area contributed by atoms with Crippen LogP contribution in [-0.4, -0.2) is 29.8 Å². The number of hydrogen-bond acceptors (Lipinski definition) is 4. The Morgan fingerprint density at radius 1 is 0.886 bits per heavy atom. The van der Waals surface area contributed by atoms with E-state index in [1.165, 1.54) is 87.3 Å². The second kappa shape index (κ2) is 21.0. The van der Waals surface area contributed by atoms with Gasteiger partial charge in [-0.2, -0.15) is 0 Å². The van der Waals surface area contributed by atoms with Crippen molar-refractivity contribution in [2.45, 2.75) is 130 Å². The van der Waals surface area contributed by atoms with E-state index < -0.39 is 0 Å². The number of rotatable bonds is 20. The molecule has 1 amide bonds. The lowest BCUT2D eigenvalue weighted by atomic mass is 9.85. The van der Waals surface area contributed by atoms with Crippen LogP contribution < -0.4 is 9.64 Å². The van der Waals surface area contributed by atoms with Crippen LogP contribution in [0.1, 0.15) is 128 Å². The zero-order chi connectivity index (χ0) is 30.9. The monoisotopic (exact) mass is 686 g/mol. The molecule has 0 saturated heterocycles. The Hall–Kier alpha value is -1.92. The smallest absolute Gasteiger partial charge is 0.223 e. The first-order chi connectivity index (χ1) is 20.8. The molecule has 6 heteroatoms. The van der Waals surface area contributed by atoms with E-state index >= 15 is 0 Å². The molecule has 0 aromatic heterocycles. The fourth-order valence-electron chi connectivity index (χ4n) is 5.76. The van der Waals surface area contributed by atoms with Gasteiger partial charge >= 0.3 is 0 Å². The van der Waals surface area contributed by atoms with Crippen molar-refractivity contribution in [3.05, 3.63) is 70.8 Å². The van der Waals surface area contributed by atoms with Crippen molar-refractivity contribution in [3.8, 4) is 5.75 Å². The Morgan fingerprint density at radius 3 is 2.14 bits per heavy atom. The number of unbranched alkanes of at least 4 members (excludes halogenated alkanes) is 11. The van der Waals surface area contributed by atoms with Crippen LogP contribution in [0, 0.1) is 0 Å². The molecule has 0 fully saturated rings. The lowest BCUT2D eigenvalue weighted by molar-refractivity contribution is -0.116. The fourth-order valence-corrected chi connectivity index (χ4v) is 6.48. The average Bonchev–Trinajstić information content (AvgIpc) is 3.48. The average molecular weight is 688 g/mol. The minimum Gasteiger partial charge on any atom is -0.493 e. The molecule has 1 heterocycles. The molecule has 0 saturated carbocycles. The SMILES string of the molecule is Br.CCCCCCCCCCCCCCOc1cc(CCN(C(C)=O)c2cccc(CN3C=CSC3)c2)ccc1C(C)(C)C. The van der Waals surface area contributed by atoms with Crippen LogP contribution in [0.5, 0.6) is 5.75 Å². The van der Waals surface area contributed by atoms with E-state index in [9.17, 15) is 4.79 Å². The number of carbonyl (C=O) groups excluding carboxylic acids is 1. The predicted octanol–water partition coefficient (Wildman–Crippen LogP) is 11.2. The summed E-state index contributed by atoms with van der Waals surface area (Å²) in [7, 11) is 0. The molecule has 2 aromatic rings. The van der Waals surface area contributed by atoms with Gasteiger partial charge in [-0.1, -0.05) is 123 Å². The molecule has 4 nitrogen and oxygen atoms in total. The van der Waals surface area contributed by atoms with Crippen LogP contribution in [0.2, 0.25) is 0 Å². The van der Waals surface area contributed by atoms with E-state index in [1.54, 1.807) is 6.92 Å². The largest absolute Gasteiger partial charge is 0.493 e. The molecule has 0 radical (unpaired) electrons. The number of benzene rings is 2. The molecule has 44 heavy (non-hydrogen) atoms. The van der Waals surface area contributed by atoms with Gasteiger partial charge in [0, 0.05) is 31.9 Å². The topological polar surface area (TPSA) is 32.8 Å². The molecule has 1 aliphatic heterocycles. The quantitative estimate of drug-likeness (QED) is 0.130. The maximum Gasteiger partial charge on any atom is 0.223 e. The highest BCUT2D eigenvalue weighted by Crippen LogP contribution is 2.33. The molecule has 0 aliphatic carbocycles. The summed E-state index contributed by atoms with van der Waals surface area (Å²) in [4.78, 5) is 16.9. The van der Waals surface area contributed by atoms with Crippen molar-refractivity contribution < 1.29 is 9.53 Å². The minimum atomic E-state index is 0. The molecule has 2 aromatic carbocycles. The first kappa shape index (κ1) is 38.3. The van der Waals surface area contributed by atoms with Crippen molar-refractivity contribution in [2.24, 2.45) is 0 Å². The Balaban J connectivity index is 0.00000675. The van der Waals surface area contributed by atoms with Gasteiger partial charge in [-0.25, -0.2) is 0 Å². The first-order valence-electron chi connectivity index (χ1n) is 16.9. The molecule has 0 unspecified atom stereocenters. The highest BCUT2D eigenvalue weighted by molar-refractivity contribution is 8.93. The van der Waals surface area contributed by atoms with Gasteiger partial charge in [0.25, 0.3) is 0 Å².